The zero-order valence-electron chi connectivity index (χ0n) is 17.8. The standard InChI is InChI=1S/C22H32N4O2S/c1-18-6-5-7-21(16-18)29(27,28)23-17-22(26-14-12-25(4)13-15-26)19-8-10-20(11-9-19)24(2)3/h5-11,16,22-23H,12-15,17H2,1-4H3. The van der Waals surface area contributed by atoms with Gasteiger partial charge < -0.3 is 9.80 Å². The molecule has 0 spiro atoms. The van der Waals surface area contributed by atoms with Crippen LogP contribution in [0.5, 0.6) is 0 Å². The normalized spacial score (nSPS) is 17.2. The Labute approximate surface area is 175 Å². The molecule has 158 valence electrons. The summed E-state index contributed by atoms with van der Waals surface area (Å²) in [5, 5.41) is 0. The summed E-state index contributed by atoms with van der Waals surface area (Å²) in [5.41, 5.74) is 3.20. The third-order valence-corrected chi connectivity index (χ3v) is 6.96. The highest BCUT2D eigenvalue weighted by atomic mass is 32.2. The Hall–Kier alpha value is -1.93. The summed E-state index contributed by atoms with van der Waals surface area (Å²) in [4.78, 5) is 7.07. The first-order valence-electron chi connectivity index (χ1n) is 10.0. The molecule has 2 aromatic rings. The molecular weight excluding hydrogens is 384 g/mol. The second-order valence-corrected chi connectivity index (χ2v) is 9.78. The van der Waals surface area contributed by atoms with Crippen molar-refractivity contribution in [2.24, 2.45) is 0 Å². The number of aryl methyl sites for hydroxylation is 1. The number of hydrogen-bond donors (Lipinski definition) is 1. The van der Waals surface area contributed by atoms with Crippen LogP contribution in [-0.4, -0.2) is 72.1 Å². The Bertz CT molecular complexity index is 905. The summed E-state index contributed by atoms with van der Waals surface area (Å²) >= 11 is 0. The van der Waals surface area contributed by atoms with E-state index >= 15 is 0 Å². The number of hydrogen-bond acceptors (Lipinski definition) is 5. The van der Waals surface area contributed by atoms with Gasteiger partial charge in [-0.2, -0.15) is 0 Å². The quantitative estimate of drug-likeness (QED) is 0.751. The molecule has 6 nitrogen and oxygen atoms in total. The summed E-state index contributed by atoms with van der Waals surface area (Å²) < 4.78 is 28.6. The SMILES string of the molecule is Cc1cccc(S(=O)(=O)NCC(c2ccc(N(C)C)cc2)N2CCN(C)CC2)c1. The zero-order valence-corrected chi connectivity index (χ0v) is 18.6. The first kappa shape index (κ1) is 21.8. The number of benzene rings is 2. The summed E-state index contributed by atoms with van der Waals surface area (Å²) in [6.45, 7) is 6.05. The molecule has 1 heterocycles. The molecule has 29 heavy (non-hydrogen) atoms. The van der Waals surface area contributed by atoms with E-state index in [4.69, 9.17) is 0 Å². The Balaban J connectivity index is 1.81. The molecule has 1 saturated heterocycles. The van der Waals surface area contributed by atoms with E-state index in [1.165, 1.54) is 0 Å². The minimum atomic E-state index is -3.55. The average Bonchev–Trinajstić information content (AvgIpc) is 2.70. The van der Waals surface area contributed by atoms with Crippen molar-refractivity contribution in [3.8, 4) is 0 Å². The molecule has 0 saturated carbocycles. The smallest absolute Gasteiger partial charge is 0.240 e. The fourth-order valence-electron chi connectivity index (χ4n) is 3.64. The van der Waals surface area contributed by atoms with Gasteiger partial charge in [0.15, 0.2) is 0 Å². The summed E-state index contributed by atoms with van der Waals surface area (Å²) in [7, 11) is 2.61. The fraction of sp³-hybridized carbons (Fsp3) is 0.455. The van der Waals surface area contributed by atoms with E-state index in [1.54, 1.807) is 18.2 Å². The molecule has 1 aliphatic rings. The number of rotatable bonds is 7. The van der Waals surface area contributed by atoms with Crippen molar-refractivity contribution in [1.82, 2.24) is 14.5 Å². The minimum absolute atomic E-state index is 0.000466. The van der Waals surface area contributed by atoms with Crippen LogP contribution < -0.4 is 9.62 Å². The van der Waals surface area contributed by atoms with E-state index in [0.29, 0.717) is 11.4 Å². The monoisotopic (exact) mass is 416 g/mol. The van der Waals surface area contributed by atoms with E-state index in [9.17, 15) is 8.42 Å². The number of likely N-dealkylation sites (N-methyl/N-ethyl adjacent to an activating group) is 1. The average molecular weight is 417 g/mol. The van der Waals surface area contributed by atoms with Crippen molar-refractivity contribution in [2.75, 3.05) is 58.8 Å². The molecule has 3 rings (SSSR count). The summed E-state index contributed by atoms with van der Waals surface area (Å²) in [5.74, 6) is 0. The van der Waals surface area contributed by atoms with Crippen molar-refractivity contribution in [2.45, 2.75) is 17.9 Å². The molecule has 1 aliphatic heterocycles. The van der Waals surface area contributed by atoms with Crippen LogP contribution in [0.1, 0.15) is 17.2 Å². The van der Waals surface area contributed by atoms with Crippen molar-refractivity contribution >= 4 is 15.7 Å². The molecular formula is C22H32N4O2S. The second kappa shape index (κ2) is 9.26. The molecule has 2 aromatic carbocycles. The Morgan fingerprint density at radius 1 is 1.03 bits per heavy atom. The number of piperazine rings is 1. The number of sulfonamides is 1. The molecule has 0 amide bonds. The lowest BCUT2D eigenvalue weighted by molar-refractivity contribution is 0.113. The molecule has 1 fully saturated rings. The summed E-state index contributed by atoms with van der Waals surface area (Å²) in [6, 6.07) is 15.4. The van der Waals surface area contributed by atoms with Gasteiger partial charge in [0.2, 0.25) is 10.0 Å². The molecule has 7 heteroatoms. The minimum Gasteiger partial charge on any atom is -0.378 e. The van der Waals surface area contributed by atoms with E-state index in [-0.39, 0.29) is 6.04 Å². The number of nitrogens with zero attached hydrogens (tertiary/aromatic N) is 3. The van der Waals surface area contributed by atoms with Gasteiger partial charge in [-0.15, -0.1) is 0 Å². The van der Waals surface area contributed by atoms with Crippen LogP contribution in [-0.2, 0) is 10.0 Å². The largest absolute Gasteiger partial charge is 0.378 e. The van der Waals surface area contributed by atoms with Gasteiger partial charge in [-0.25, -0.2) is 13.1 Å². The molecule has 0 aromatic heterocycles. The van der Waals surface area contributed by atoms with Crippen LogP contribution in [0, 0.1) is 6.92 Å². The van der Waals surface area contributed by atoms with Gasteiger partial charge >= 0.3 is 0 Å². The maximum Gasteiger partial charge on any atom is 0.240 e. The van der Waals surface area contributed by atoms with E-state index in [1.807, 2.05) is 27.1 Å². The predicted octanol–water partition coefficient (Wildman–Crippen LogP) is 2.33. The Morgan fingerprint density at radius 3 is 2.28 bits per heavy atom. The van der Waals surface area contributed by atoms with Crippen molar-refractivity contribution < 1.29 is 8.42 Å². The number of nitrogens with one attached hydrogen (secondary N) is 1. The highest BCUT2D eigenvalue weighted by Crippen LogP contribution is 2.24. The van der Waals surface area contributed by atoms with Crippen LogP contribution in [0.4, 0.5) is 5.69 Å². The van der Waals surface area contributed by atoms with Crippen LogP contribution in [0.3, 0.4) is 0 Å². The van der Waals surface area contributed by atoms with Gasteiger partial charge in [0.25, 0.3) is 0 Å². The lowest BCUT2D eigenvalue weighted by Crippen LogP contribution is -2.48. The summed E-state index contributed by atoms with van der Waals surface area (Å²) in [6.07, 6.45) is 0. The Morgan fingerprint density at radius 2 is 1.69 bits per heavy atom. The molecule has 1 unspecified atom stereocenters. The van der Waals surface area contributed by atoms with Crippen LogP contribution in [0.25, 0.3) is 0 Å². The molecule has 0 radical (unpaired) electrons. The third kappa shape index (κ3) is 5.57. The van der Waals surface area contributed by atoms with Crippen molar-refractivity contribution in [3.63, 3.8) is 0 Å². The van der Waals surface area contributed by atoms with Crippen LogP contribution in [0.2, 0.25) is 0 Å². The molecule has 1 atom stereocenters. The van der Waals surface area contributed by atoms with Gasteiger partial charge in [0, 0.05) is 58.5 Å². The van der Waals surface area contributed by atoms with Crippen molar-refractivity contribution in [3.05, 3.63) is 59.7 Å². The van der Waals surface area contributed by atoms with Gasteiger partial charge in [-0.1, -0.05) is 24.3 Å². The Kier molecular flexibility index (Phi) is 6.95. The second-order valence-electron chi connectivity index (χ2n) is 8.01. The first-order valence-corrected chi connectivity index (χ1v) is 11.5. The molecule has 0 aliphatic carbocycles. The first-order chi connectivity index (χ1) is 13.8. The van der Waals surface area contributed by atoms with E-state index in [0.717, 1.165) is 43.0 Å². The maximum atomic E-state index is 12.9. The third-order valence-electron chi connectivity index (χ3n) is 5.54. The number of anilines is 1. The molecule has 1 N–H and O–H groups in total. The van der Waals surface area contributed by atoms with Gasteiger partial charge in [-0.3, -0.25) is 4.90 Å². The fourth-order valence-corrected chi connectivity index (χ4v) is 4.78. The van der Waals surface area contributed by atoms with Gasteiger partial charge in [0.05, 0.1) is 4.90 Å². The van der Waals surface area contributed by atoms with Gasteiger partial charge in [-0.05, 0) is 49.4 Å². The van der Waals surface area contributed by atoms with E-state index in [2.05, 4.69) is 50.7 Å². The predicted molar refractivity (Wildman–Crippen MR) is 119 cm³/mol. The zero-order chi connectivity index (χ0) is 21.0. The lowest BCUT2D eigenvalue weighted by atomic mass is 10.0. The van der Waals surface area contributed by atoms with Crippen molar-refractivity contribution in [1.29, 1.82) is 0 Å². The highest BCUT2D eigenvalue weighted by molar-refractivity contribution is 7.89. The molecule has 0 bridgehead atoms. The van der Waals surface area contributed by atoms with Gasteiger partial charge in [0.1, 0.15) is 0 Å². The van der Waals surface area contributed by atoms with Crippen LogP contribution >= 0.6 is 0 Å². The van der Waals surface area contributed by atoms with Crippen LogP contribution in [0.15, 0.2) is 53.4 Å². The topological polar surface area (TPSA) is 55.9 Å². The lowest BCUT2D eigenvalue weighted by Gasteiger charge is -2.38. The maximum absolute atomic E-state index is 12.9. The van der Waals surface area contributed by atoms with E-state index < -0.39 is 10.0 Å². The highest BCUT2D eigenvalue weighted by Gasteiger charge is 2.26.